The number of imidazole rings is 1. The number of rotatable bonds is 6. The minimum atomic E-state index is -0.552. The number of amides is 1. The number of benzene rings is 1. The lowest BCUT2D eigenvalue weighted by molar-refractivity contribution is -0.136. The van der Waals surface area contributed by atoms with Gasteiger partial charge in [-0.2, -0.15) is 12.6 Å². The van der Waals surface area contributed by atoms with Gasteiger partial charge in [0.15, 0.2) is 0 Å². The van der Waals surface area contributed by atoms with Crippen LogP contribution in [0.25, 0.3) is 0 Å². The largest absolute Gasteiger partial charge is 0.332 e. The molecule has 2 heterocycles. The second-order valence-corrected chi connectivity index (χ2v) is 8.71. The standard InChI is InChI=1S/C22H30BN4OS/c24-18(15-29)22(28)27-12-11-26-14-20(23-17-9-5-2-6-10-17)25-21(26)19(27)13-16-7-3-1-4-8-16/h2,5-6,9-10,14,16,18-19,29H,1,3-4,7-8,11-13,15,24H2/t18-,19-/m1/s1. The van der Waals surface area contributed by atoms with Crippen molar-refractivity contribution in [2.45, 2.75) is 57.2 Å². The summed E-state index contributed by atoms with van der Waals surface area (Å²) in [5.41, 5.74) is 8.16. The van der Waals surface area contributed by atoms with Crippen LogP contribution < -0.4 is 16.8 Å². The first-order chi connectivity index (χ1) is 14.2. The van der Waals surface area contributed by atoms with Crippen LogP contribution in [0.2, 0.25) is 0 Å². The van der Waals surface area contributed by atoms with Crippen molar-refractivity contribution >= 4 is 36.9 Å². The van der Waals surface area contributed by atoms with E-state index in [0.717, 1.165) is 29.8 Å². The van der Waals surface area contributed by atoms with Crippen LogP contribution in [-0.4, -0.2) is 46.0 Å². The number of nitrogens with zero attached hydrogens (tertiary/aromatic N) is 3. The van der Waals surface area contributed by atoms with Crippen LogP contribution in [-0.2, 0) is 11.3 Å². The fraction of sp³-hybridized carbons (Fsp3) is 0.545. The number of aromatic nitrogens is 2. The summed E-state index contributed by atoms with van der Waals surface area (Å²) >= 11 is 4.25. The lowest BCUT2D eigenvalue weighted by Gasteiger charge is -2.39. The summed E-state index contributed by atoms with van der Waals surface area (Å²) in [7, 11) is 2.11. The molecule has 1 fully saturated rings. The van der Waals surface area contributed by atoms with E-state index in [1.54, 1.807) is 0 Å². The van der Waals surface area contributed by atoms with Crippen molar-refractivity contribution in [2.75, 3.05) is 12.3 Å². The van der Waals surface area contributed by atoms with E-state index < -0.39 is 6.04 Å². The van der Waals surface area contributed by atoms with Gasteiger partial charge in [-0.15, -0.1) is 0 Å². The van der Waals surface area contributed by atoms with Crippen molar-refractivity contribution in [3.8, 4) is 0 Å². The molecule has 1 aromatic heterocycles. The molecule has 1 saturated carbocycles. The topological polar surface area (TPSA) is 64.2 Å². The quantitative estimate of drug-likeness (QED) is 0.563. The molecule has 0 unspecified atom stereocenters. The first-order valence-corrected chi connectivity index (χ1v) is 11.4. The van der Waals surface area contributed by atoms with Crippen LogP contribution in [0, 0.1) is 5.92 Å². The van der Waals surface area contributed by atoms with Gasteiger partial charge in [-0.1, -0.05) is 67.9 Å². The van der Waals surface area contributed by atoms with Gasteiger partial charge in [-0.05, 0) is 12.3 Å². The number of fused-ring (bicyclic) bond motifs is 1. The van der Waals surface area contributed by atoms with Crippen molar-refractivity contribution in [2.24, 2.45) is 11.7 Å². The lowest BCUT2D eigenvalue weighted by atomic mass is 9.67. The Balaban J connectivity index is 1.60. The Morgan fingerprint density at radius 2 is 1.97 bits per heavy atom. The molecule has 153 valence electrons. The Bertz CT molecular complexity index is 821. The predicted octanol–water partition coefficient (Wildman–Crippen LogP) is 1.65. The zero-order chi connectivity index (χ0) is 20.2. The van der Waals surface area contributed by atoms with Crippen LogP contribution in [0.5, 0.6) is 0 Å². The molecule has 5 nitrogen and oxygen atoms in total. The zero-order valence-electron chi connectivity index (χ0n) is 16.9. The van der Waals surface area contributed by atoms with E-state index in [1.807, 2.05) is 23.1 Å². The van der Waals surface area contributed by atoms with Gasteiger partial charge in [0.25, 0.3) is 0 Å². The molecular weight excluding hydrogens is 379 g/mol. The highest BCUT2D eigenvalue weighted by Crippen LogP contribution is 2.36. The summed E-state index contributed by atoms with van der Waals surface area (Å²) in [6, 6.07) is 9.70. The van der Waals surface area contributed by atoms with Gasteiger partial charge in [0.05, 0.1) is 12.1 Å². The number of hydrogen-bond acceptors (Lipinski definition) is 4. The van der Waals surface area contributed by atoms with Gasteiger partial charge in [-0.25, -0.2) is 4.98 Å². The average molecular weight is 409 g/mol. The van der Waals surface area contributed by atoms with E-state index in [2.05, 4.69) is 42.8 Å². The molecule has 1 aliphatic carbocycles. The Hall–Kier alpha value is -1.73. The fourth-order valence-electron chi connectivity index (χ4n) is 4.72. The summed E-state index contributed by atoms with van der Waals surface area (Å²) in [6.07, 6.45) is 9.52. The summed E-state index contributed by atoms with van der Waals surface area (Å²) < 4.78 is 2.23. The van der Waals surface area contributed by atoms with Gasteiger partial charge in [0, 0.05) is 30.6 Å². The maximum Gasteiger partial charge on any atom is 0.241 e. The van der Waals surface area contributed by atoms with Crippen LogP contribution in [0.3, 0.4) is 0 Å². The molecule has 29 heavy (non-hydrogen) atoms. The predicted molar refractivity (Wildman–Crippen MR) is 121 cm³/mol. The molecule has 2 atom stereocenters. The van der Waals surface area contributed by atoms with Crippen molar-refractivity contribution in [1.29, 1.82) is 0 Å². The summed E-state index contributed by atoms with van der Waals surface area (Å²) in [5.74, 6) is 2.03. The smallest absolute Gasteiger partial charge is 0.241 e. The van der Waals surface area contributed by atoms with E-state index in [9.17, 15) is 4.79 Å². The summed E-state index contributed by atoms with van der Waals surface area (Å²) in [4.78, 5) is 19.9. The molecule has 1 aromatic carbocycles. The van der Waals surface area contributed by atoms with E-state index in [-0.39, 0.29) is 11.9 Å². The highest BCUT2D eigenvalue weighted by atomic mass is 32.1. The van der Waals surface area contributed by atoms with Crippen molar-refractivity contribution in [3.05, 3.63) is 42.4 Å². The van der Waals surface area contributed by atoms with E-state index >= 15 is 0 Å². The minimum Gasteiger partial charge on any atom is -0.332 e. The zero-order valence-corrected chi connectivity index (χ0v) is 17.8. The van der Waals surface area contributed by atoms with Crippen LogP contribution in [0.4, 0.5) is 0 Å². The average Bonchev–Trinajstić information content (AvgIpc) is 3.17. The SMILES string of the molecule is N[C@H](CS)C(=O)N1CCn2cc([B]c3ccccc3)nc2[C@H]1CC1CCCCC1. The normalized spacial score (nSPS) is 20.9. The highest BCUT2D eigenvalue weighted by Gasteiger charge is 2.36. The number of thiol groups is 1. The highest BCUT2D eigenvalue weighted by molar-refractivity contribution is 7.80. The van der Waals surface area contributed by atoms with Crippen molar-refractivity contribution < 1.29 is 4.79 Å². The van der Waals surface area contributed by atoms with Gasteiger partial charge in [0.2, 0.25) is 13.2 Å². The molecule has 4 rings (SSSR count). The van der Waals surface area contributed by atoms with Crippen molar-refractivity contribution in [1.82, 2.24) is 14.5 Å². The summed E-state index contributed by atoms with van der Waals surface area (Å²) in [6.45, 7) is 1.45. The monoisotopic (exact) mass is 409 g/mol. The first kappa shape index (κ1) is 20.5. The van der Waals surface area contributed by atoms with Gasteiger partial charge < -0.3 is 15.2 Å². The molecule has 1 radical (unpaired) electrons. The molecular formula is C22H30BN4OS. The molecule has 7 heteroatoms. The second-order valence-electron chi connectivity index (χ2n) is 8.35. The fourth-order valence-corrected chi connectivity index (χ4v) is 4.88. The third-order valence-electron chi connectivity index (χ3n) is 6.27. The van der Waals surface area contributed by atoms with E-state index in [0.29, 0.717) is 18.2 Å². The number of carbonyl (C=O) groups excluding carboxylic acids is 1. The Labute approximate surface area is 179 Å². The molecule has 0 bridgehead atoms. The van der Waals surface area contributed by atoms with Crippen LogP contribution in [0.1, 0.15) is 50.4 Å². The van der Waals surface area contributed by atoms with E-state index in [4.69, 9.17) is 10.7 Å². The number of nitrogens with two attached hydrogens (primary N) is 1. The third kappa shape index (κ3) is 4.72. The molecule has 0 spiro atoms. The molecule has 1 amide bonds. The van der Waals surface area contributed by atoms with E-state index in [1.165, 1.54) is 32.1 Å². The summed E-state index contributed by atoms with van der Waals surface area (Å²) in [5, 5.41) is 0. The van der Waals surface area contributed by atoms with Gasteiger partial charge in [0.1, 0.15) is 5.82 Å². The molecule has 2 aromatic rings. The third-order valence-corrected chi connectivity index (χ3v) is 6.67. The number of hydrogen-bond donors (Lipinski definition) is 2. The van der Waals surface area contributed by atoms with Crippen molar-refractivity contribution in [3.63, 3.8) is 0 Å². The lowest BCUT2D eigenvalue weighted by Crippen LogP contribution is -2.50. The molecule has 0 saturated heterocycles. The molecule has 1 aliphatic heterocycles. The number of carbonyl (C=O) groups is 1. The minimum absolute atomic E-state index is 0.00297. The van der Waals surface area contributed by atoms with Crippen LogP contribution >= 0.6 is 12.6 Å². The Kier molecular flexibility index (Phi) is 6.65. The first-order valence-electron chi connectivity index (χ1n) is 10.8. The van der Waals surface area contributed by atoms with Gasteiger partial charge in [-0.3, -0.25) is 4.79 Å². The maximum absolute atomic E-state index is 13.0. The molecule has 2 N–H and O–H groups in total. The Morgan fingerprint density at radius 1 is 1.21 bits per heavy atom. The van der Waals surface area contributed by atoms with Gasteiger partial charge >= 0.3 is 0 Å². The second kappa shape index (κ2) is 9.39. The Morgan fingerprint density at radius 3 is 2.69 bits per heavy atom. The molecule has 2 aliphatic rings. The van der Waals surface area contributed by atoms with Crippen LogP contribution in [0.15, 0.2) is 36.5 Å². The maximum atomic E-state index is 13.0.